The van der Waals surface area contributed by atoms with E-state index in [2.05, 4.69) is 25.5 Å². The minimum absolute atomic E-state index is 0.00564. The number of pyridine rings is 1. The molecule has 20 heteroatoms. The Morgan fingerprint density at radius 1 is 1.08 bits per heavy atom. The number of nitrogens with one attached hydrogen (secondary N) is 1. The Balaban J connectivity index is 1.42. The molecule has 0 radical (unpaired) electrons. The number of sulfone groups is 1. The van der Waals surface area contributed by atoms with Crippen LogP contribution in [0.1, 0.15) is 39.6 Å². The van der Waals surface area contributed by atoms with Crippen LogP contribution in [0.25, 0.3) is 17.1 Å². The van der Waals surface area contributed by atoms with Gasteiger partial charge in [0, 0.05) is 35.9 Å². The molecular formula is C28H27ClF3N9O6S. The fourth-order valence-electron chi connectivity index (χ4n) is 4.95. The Kier molecular flexibility index (Phi) is 8.86. The number of hydrogen-bond acceptors (Lipinski definition) is 10. The van der Waals surface area contributed by atoms with Crippen LogP contribution in [0.5, 0.6) is 0 Å². The van der Waals surface area contributed by atoms with Gasteiger partial charge in [-0.1, -0.05) is 11.6 Å². The predicted octanol–water partition coefficient (Wildman–Crippen LogP) is 1.08. The van der Waals surface area contributed by atoms with Crippen LogP contribution in [0.15, 0.2) is 47.5 Å². The fraction of sp³-hybridized carbons (Fsp3) is 0.393. The Morgan fingerprint density at radius 3 is 2.42 bits per heavy atom. The van der Waals surface area contributed by atoms with Crippen LogP contribution in [-0.4, -0.2) is 107 Å². The van der Waals surface area contributed by atoms with Crippen LogP contribution < -0.4 is 11.0 Å². The molecule has 2 aliphatic rings. The second-order valence-electron chi connectivity index (χ2n) is 11.3. The van der Waals surface area contributed by atoms with E-state index in [1.54, 1.807) is 0 Å². The van der Waals surface area contributed by atoms with Gasteiger partial charge in [-0.15, -0.1) is 10.2 Å². The molecule has 2 amide bonds. The van der Waals surface area contributed by atoms with E-state index < -0.39 is 52.7 Å². The maximum Gasteiger partial charge on any atom is 0.416 e. The molecule has 48 heavy (non-hydrogen) atoms. The highest BCUT2D eigenvalue weighted by molar-refractivity contribution is 7.91. The fourth-order valence-corrected chi connectivity index (χ4v) is 6.28. The highest BCUT2D eigenvalue weighted by Gasteiger charge is 2.39. The quantitative estimate of drug-likeness (QED) is 0.255. The number of carbonyl (C=O) groups is 2. The van der Waals surface area contributed by atoms with Gasteiger partial charge >= 0.3 is 11.9 Å². The molecule has 1 saturated carbocycles. The van der Waals surface area contributed by atoms with E-state index in [1.807, 2.05) is 0 Å². The zero-order valence-electron chi connectivity index (χ0n) is 24.8. The highest BCUT2D eigenvalue weighted by atomic mass is 35.5. The summed E-state index contributed by atoms with van der Waals surface area (Å²) < 4.78 is 66.5. The second kappa shape index (κ2) is 12.8. The van der Waals surface area contributed by atoms with Gasteiger partial charge in [-0.25, -0.2) is 27.6 Å². The van der Waals surface area contributed by atoms with Gasteiger partial charge in [0.2, 0.25) is 5.82 Å². The zero-order chi connectivity index (χ0) is 34.4. The lowest BCUT2D eigenvalue weighted by Crippen LogP contribution is -2.44. The van der Waals surface area contributed by atoms with Gasteiger partial charge in [0.05, 0.1) is 35.5 Å². The number of aliphatic hydroxyl groups excluding tert-OH is 1. The number of amides is 2. The normalized spacial score (nSPS) is 16.9. The molecule has 2 fully saturated rings. The molecule has 4 heterocycles. The minimum atomic E-state index is -5.03. The lowest BCUT2D eigenvalue weighted by atomic mass is 10.2. The Bertz CT molecular complexity index is 2030. The van der Waals surface area contributed by atoms with Crippen molar-refractivity contribution in [1.29, 1.82) is 0 Å². The number of aliphatic hydroxyl groups is 1. The first-order chi connectivity index (χ1) is 22.7. The standard InChI is InChI=1S/C28H27ClF3N9O6S/c29-17-3-1-16(2-4-17)23-37-40(27(45)39(23)14-21(42)28(30,31)32)15-22-35-24(26(44)38-9-11-48(46,47)12-10-38)41(36-22)20-13-33-8-7-19(20)25(43)34-18-5-6-18/h1-4,7-8,13,18,21,42H,5-6,9-12,14-15H2,(H,34,43)/t21-/m0/s1. The van der Waals surface area contributed by atoms with Gasteiger partial charge in [0.25, 0.3) is 11.8 Å². The summed E-state index contributed by atoms with van der Waals surface area (Å²) in [5, 5.41) is 21.6. The monoisotopic (exact) mass is 709 g/mol. The van der Waals surface area contributed by atoms with E-state index in [0.717, 1.165) is 22.2 Å². The van der Waals surface area contributed by atoms with E-state index in [1.165, 1.54) is 47.6 Å². The van der Waals surface area contributed by atoms with Gasteiger partial charge < -0.3 is 15.3 Å². The van der Waals surface area contributed by atoms with E-state index in [-0.39, 0.29) is 64.9 Å². The van der Waals surface area contributed by atoms with E-state index in [9.17, 15) is 41.1 Å². The van der Waals surface area contributed by atoms with E-state index in [4.69, 9.17) is 11.6 Å². The van der Waals surface area contributed by atoms with Crippen molar-refractivity contribution in [1.82, 2.24) is 44.3 Å². The first kappa shape index (κ1) is 33.3. The summed E-state index contributed by atoms with van der Waals surface area (Å²) in [5.74, 6) is -2.44. The Labute approximate surface area is 274 Å². The maximum absolute atomic E-state index is 13.7. The van der Waals surface area contributed by atoms with Crippen molar-refractivity contribution in [2.45, 2.75) is 44.3 Å². The van der Waals surface area contributed by atoms with Crippen molar-refractivity contribution in [3.05, 3.63) is 75.4 Å². The molecule has 3 aromatic heterocycles. The van der Waals surface area contributed by atoms with Gasteiger partial charge in [0.15, 0.2) is 27.6 Å². The zero-order valence-corrected chi connectivity index (χ0v) is 26.4. The van der Waals surface area contributed by atoms with Gasteiger partial charge in [0.1, 0.15) is 6.54 Å². The number of hydrogen-bond donors (Lipinski definition) is 2. The molecule has 1 saturated heterocycles. The van der Waals surface area contributed by atoms with Crippen LogP contribution in [0.2, 0.25) is 5.02 Å². The minimum Gasteiger partial charge on any atom is -0.382 e. The molecule has 1 atom stereocenters. The average Bonchev–Trinajstić information content (AvgIpc) is 3.68. The first-order valence-electron chi connectivity index (χ1n) is 14.6. The third kappa shape index (κ3) is 7.12. The number of alkyl halides is 3. The van der Waals surface area contributed by atoms with Crippen LogP contribution in [0.4, 0.5) is 13.2 Å². The molecule has 1 aromatic carbocycles. The summed E-state index contributed by atoms with van der Waals surface area (Å²) in [7, 11) is -3.35. The highest BCUT2D eigenvalue weighted by Crippen LogP contribution is 2.25. The summed E-state index contributed by atoms with van der Waals surface area (Å²) in [6, 6.07) is 7.18. The second-order valence-corrected chi connectivity index (χ2v) is 14.0. The lowest BCUT2D eigenvalue weighted by Gasteiger charge is -2.26. The van der Waals surface area contributed by atoms with Crippen LogP contribution in [0.3, 0.4) is 0 Å². The topological polar surface area (TPSA) is 187 Å². The molecule has 6 rings (SSSR count). The van der Waals surface area contributed by atoms with Crippen molar-refractivity contribution in [2.75, 3.05) is 24.6 Å². The van der Waals surface area contributed by atoms with Crippen LogP contribution >= 0.6 is 11.6 Å². The van der Waals surface area contributed by atoms with Crippen molar-refractivity contribution >= 4 is 33.3 Å². The number of halogens is 4. The van der Waals surface area contributed by atoms with Crippen molar-refractivity contribution < 1.29 is 36.3 Å². The summed E-state index contributed by atoms with van der Waals surface area (Å²) in [4.78, 5) is 50.0. The summed E-state index contributed by atoms with van der Waals surface area (Å²) >= 11 is 5.96. The smallest absolute Gasteiger partial charge is 0.382 e. The van der Waals surface area contributed by atoms with Gasteiger partial charge in [-0.05, 0) is 43.2 Å². The van der Waals surface area contributed by atoms with Crippen LogP contribution in [-0.2, 0) is 22.9 Å². The number of rotatable bonds is 9. The molecule has 254 valence electrons. The predicted molar refractivity (Wildman–Crippen MR) is 162 cm³/mol. The third-order valence-electron chi connectivity index (χ3n) is 7.71. The third-order valence-corrected chi connectivity index (χ3v) is 9.57. The van der Waals surface area contributed by atoms with E-state index >= 15 is 0 Å². The largest absolute Gasteiger partial charge is 0.416 e. The molecule has 1 aliphatic heterocycles. The lowest BCUT2D eigenvalue weighted by molar-refractivity contribution is -0.207. The Hall–Kier alpha value is -4.62. The molecule has 0 bridgehead atoms. The molecule has 2 N–H and O–H groups in total. The van der Waals surface area contributed by atoms with E-state index in [0.29, 0.717) is 9.59 Å². The number of carbonyl (C=O) groups excluding carboxylic acids is 2. The number of aromatic nitrogens is 7. The van der Waals surface area contributed by atoms with Crippen molar-refractivity contribution in [3.63, 3.8) is 0 Å². The molecular weight excluding hydrogens is 683 g/mol. The van der Waals surface area contributed by atoms with Gasteiger partial charge in [-0.3, -0.25) is 19.1 Å². The SMILES string of the molecule is O=C(NC1CC1)c1ccncc1-n1nc(Cn2nc(-c3ccc(Cl)cc3)n(C[C@H](O)C(F)(F)F)c2=O)nc1C(=O)N1CCS(=O)(=O)CC1. The average molecular weight is 710 g/mol. The van der Waals surface area contributed by atoms with Crippen molar-refractivity contribution in [3.8, 4) is 17.1 Å². The maximum atomic E-state index is 13.7. The molecule has 15 nitrogen and oxygen atoms in total. The number of nitrogens with zero attached hydrogens (tertiary/aromatic N) is 8. The summed E-state index contributed by atoms with van der Waals surface area (Å²) in [6.07, 6.45) is -3.65. The molecule has 4 aromatic rings. The van der Waals surface area contributed by atoms with Gasteiger partial charge in [-0.2, -0.15) is 13.2 Å². The summed E-state index contributed by atoms with van der Waals surface area (Å²) in [5.41, 5.74) is -0.646. The molecule has 0 spiro atoms. The first-order valence-corrected chi connectivity index (χ1v) is 16.8. The number of benzene rings is 1. The molecule has 1 aliphatic carbocycles. The van der Waals surface area contributed by atoms with Crippen LogP contribution in [0, 0.1) is 0 Å². The van der Waals surface area contributed by atoms with Crippen molar-refractivity contribution in [2.24, 2.45) is 0 Å². The summed E-state index contributed by atoms with van der Waals surface area (Å²) in [6.45, 7) is -1.96. The Morgan fingerprint density at radius 2 is 1.77 bits per heavy atom. The molecule has 0 unspecified atom stereocenters.